The first-order valence-corrected chi connectivity index (χ1v) is 9.57. The fourth-order valence-corrected chi connectivity index (χ4v) is 3.74. The largest absolute Gasteiger partial charge is 0.352 e. The molecule has 1 aromatic carbocycles. The Labute approximate surface area is 160 Å². The third-order valence-corrected chi connectivity index (χ3v) is 5.17. The van der Waals surface area contributed by atoms with E-state index >= 15 is 0 Å². The first-order chi connectivity index (χ1) is 13.0. The quantitative estimate of drug-likeness (QED) is 0.847. The fourth-order valence-electron chi connectivity index (χ4n) is 3.74. The summed E-state index contributed by atoms with van der Waals surface area (Å²) in [6.07, 6.45) is 6.47. The summed E-state index contributed by atoms with van der Waals surface area (Å²) in [5, 5.41) is 6.04. The molecule has 2 amide bonds. The van der Waals surface area contributed by atoms with E-state index in [1.165, 1.54) is 0 Å². The Balaban J connectivity index is 1.46. The van der Waals surface area contributed by atoms with E-state index in [1.54, 1.807) is 12.4 Å². The lowest BCUT2D eigenvalue weighted by Crippen LogP contribution is -2.35. The van der Waals surface area contributed by atoms with Crippen molar-refractivity contribution in [1.29, 1.82) is 0 Å². The molecule has 2 aromatic rings. The minimum absolute atomic E-state index is 0.00268. The van der Waals surface area contributed by atoms with E-state index in [1.807, 2.05) is 38.1 Å². The van der Waals surface area contributed by atoms with E-state index in [9.17, 15) is 9.59 Å². The summed E-state index contributed by atoms with van der Waals surface area (Å²) >= 11 is 0. The molecule has 0 unspecified atom stereocenters. The number of nitrogens with zero attached hydrogens (tertiary/aromatic N) is 1. The number of benzene rings is 1. The second-order valence-corrected chi connectivity index (χ2v) is 7.49. The smallest absolute Gasteiger partial charge is 0.227 e. The van der Waals surface area contributed by atoms with E-state index in [0.29, 0.717) is 6.54 Å². The van der Waals surface area contributed by atoms with Crippen molar-refractivity contribution in [2.24, 2.45) is 11.8 Å². The van der Waals surface area contributed by atoms with Crippen LogP contribution in [-0.2, 0) is 16.1 Å². The van der Waals surface area contributed by atoms with Crippen LogP contribution >= 0.6 is 0 Å². The Morgan fingerprint density at radius 2 is 1.48 bits per heavy atom. The number of nitrogens with one attached hydrogen (secondary N) is 2. The number of hydrogen-bond donors (Lipinski definition) is 2. The standard InChI is InChI=1S/C22H27N3O2/c1-15-11-16(2)13-20(12-15)25-22(27)19-5-3-18(4-6-19)21(26)24-14-17-7-9-23-10-8-17/h7-13,18-19H,3-6,14H2,1-2H3,(H,24,26)(H,25,27). The molecule has 1 fully saturated rings. The van der Waals surface area contributed by atoms with Crippen molar-refractivity contribution in [3.05, 3.63) is 59.4 Å². The van der Waals surface area contributed by atoms with Gasteiger partial charge in [-0.15, -0.1) is 0 Å². The normalized spacial score (nSPS) is 19.3. The fraction of sp³-hybridized carbons (Fsp3) is 0.409. The van der Waals surface area contributed by atoms with E-state index in [-0.39, 0.29) is 23.7 Å². The molecule has 1 heterocycles. The molecule has 1 aliphatic rings. The van der Waals surface area contributed by atoms with Crippen LogP contribution in [0, 0.1) is 25.7 Å². The molecule has 0 saturated heterocycles. The van der Waals surface area contributed by atoms with Crippen LogP contribution in [-0.4, -0.2) is 16.8 Å². The van der Waals surface area contributed by atoms with E-state index in [4.69, 9.17) is 0 Å². The van der Waals surface area contributed by atoms with E-state index in [0.717, 1.165) is 48.1 Å². The van der Waals surface area contributed by atoms with Gasteiger partial charge in [0, 0.05) is 36.5 Å². The molecule has 27 heavy (non-hydrogen) atoms. The van der Waals surface area contributed by atoms with Crippen molar-refractivity contribution < 1.29 is 9.59 Å². The Kier molecular flexibility index (Phi) is 6.22. The highest BCUT2D eigenvalue weighted by Crippen LogP contribution is 2.30. The summed E-state index contributed by atoms with van der Waals surface area (Å²) in [6, 6.07) is 9.86. The van der Waals surface area contributed by atoms with Crippen molar-refractivity contribution in [3.63, 3.8) is 0 Å². The molecule has 1 aromatic heterocycles. The summed E-state index contributed by atoms with van der Waals surface area (Å²) in [5.41, 5.74) is 4.18. The number of anilines is 1. The highest BCUT2D eigenvalue weighted by molar-refractivity contribution is 5.93. The van der Waals surface area contributed by atoms with Gasteiger partial charge in [-0.3, -0.25) is 14.6 Å². The van der Waals surface area contributed by atoms with E-state index < -0.39 is 0 Å². The maximum absolute atomic E-state index is 12.6. The van der Waals surface area contributed by atoms with Crippen molar-refractivity contribution in [2.75, 3.05) is 5.32 Å². The first kappa shape index (κ1) is 19.1. The molecule has 1 aliphatic carbocycles. The highest BCUT2D eigenvalue weighted by Gasteiger charge is 2.29. The lowest BCUT2D eigenvalue weighted by Gasteiger charge is -2.27. The zero-order valence-corrected chi connectivity index (χ0v) is 16.0. The summed E-state index contributed by atoms with van der Waals surface area (Å²) in [4.78, 5) is 28.9. The highest BCUT2D eigenvalue weighted by atomic mass is 16.2. The maximum atomic E-state index is 12.6. The zero-order valence-electron chi connectivity index (χ0n) is 16.0. The monoisotopic (exact) mass is 365 g/mol. The maximum Gasteiger partial charge on any atom is 0.227 e. The molecule has 3 rings (SSSR count). The molecular weight excluding hydrogens is 338 g/mol. The number of carbonyl (C=O) groups is 2. The van der Waals surface area contributed by atoms with Gasteiger partial charge >= 0.3 is 0 Å². The minimum Gasteiger partial charge on any atom is -0.352 e. The van der Waals surface area contributed by atoms with Gasteiger partial charge in [0.2, 0.25) is 11.8 Å². The SMILES string of the molecule is Cc1cc(C)cc(NC(=O)C2CCC(C(=O)NCc3ccncc3)CC2)c1. The van der Waals surface area contributed by atoms with Gasteiger partial charge in [-0.1, -0.05) is 6.07 Å². The first-order valence-electron chi connectivity index (χ1n) is 9.57. The van der Waals surface area contributed by atoms with Gasteiger partial charge in [-0.25, -0.2) is 0 Å². The average molecular weight is 365 g/mol. The van der Waals surface area contributed by atoms with Gasteiger partial charge < -0.3 is 10.6 Å². The molecule has 0 radical (unpaired) electrons. The van der Waals surface area contributed by atoms with Gasteiger partial charge in [-0.05, 0) is 80.5 Å². The zero-order chi connectivity index (χ0) is 19.2. The molecule has 0 aliphatic heterocycles. The second-order valence-electron chi connectivity index (χ2n) is 7.49. The lowest BCUT2D eigenvalue weighted by molar-refractivity contribution is -0.128. The Bertz CT molecular complexity index is 776. The van der Waals surface area contributed by atoms with Gasteiger partial charge in [0.1, 0.15) is 0 Å². The molecule has 142 valence electrons. The molecule has 1 saturated carbocycles. The Hall–Kier alpha value is -2.69. The topological polar surface area (TPSA) is 71.1 Å². The number of rotatable bonds is 5. The summed E-state index contributed by atoms with van der Waals surface area (Å²) in [6.45, 7) is 4.57. The average Bonchev–Trinajstić information content (AvgIpc) is 2.66. The summed E-state index contributed by atoms with van der Waals surface area (Å²) in [5.74, 6) is 0.128. The number of amides is 2. The Morgan fingerprint density at radius 3 is 2.07 bits per heavy atom. The van der Waals surface area contributed by atoms with E-state index in [2.05, 4.69) is 21.7 Å². The van der Waals surface area contributed by atoms with Gasteiger partial charge in [0.25, 0.3) is 0 Å². The van der Waals surface area contributed by atoms with Crippen molar-refractivity contribution in [1.82, 2.24) is 10.3 Å². The third kappa shape index (κ3) is 5.39. The van der Waals surface area contributed by atoms with Crippen molar-refractivity contribution in [2.45, 2.75) is 46.1 Å². The van der Waals surface area contributed by atoms with Gasteiger partial charge in [-0.2, -0.15) is 0 Å². The van der Waals surface area contributed by atoms with Crippen molar-refractivity contribution in [3.8, 4) is 0 Å². The van der Waals surface area contributed by atoms with Gasteiger partial charge in [0.05, 0.1) is 0 Å². The van der Waals surface area contributed by atoms with Crippen LogP contribution in [0.15, 0.2) is 42.7 Å². The summed E-state index contributed by atoms with van der Waals surface area (Å²) in [7, 11) is 0. The third-order valence-electron chi connectivity index (χ3n) is 5.17. The molecule has 0 spiro atoms. The molecule has 5 nitrogen and oxygen atoms in total. The number of aryl methyl sites for hydroxylation is 2. The van der Waals surface area contributed by atoms with Crippen LogP contribution in [0.2, 0.25) is 0 Å². The number of hydrogen-bond acceptors (Lipinski definition) is 3. The lowest BCUT2D eigenvalue weighted by atomic mass is 9.81. The molecule has 2 N–H and O–H groups in total. The van der Waals surface area contributed by atoms with Crippen LogP contribution in [0.3, 0.4) is 0 Å². The predicted molar refractivity (Wildman–Crippen MR) is 106 cm³/mol. The number of carbonyl (C=O) groups excluding carboxylic acids is 2. The van der Waals surface area contributed by atoms with Crippen LogP contribution in [0.25, 0.3) is 0 Å². The predicted octanol–water partition coefficient (Wildman–Crippen LogP) is 3.76. The van der Waals surface area contributed by atoms with Crippen LogP contribution in [0.5, 0.6) is 0 Å². The summed E-state index contributed by atoms with van der Waals surface area (Å²) < 4.78 is 0. The molecule has 0 atom stereocenters. The van der Waals surface area contributed by atoms with Gasteiger partial charge in [0.15, 0.2) is 0 Å². The Morgan fingerprint density at radius 1 is 0.926 bits per heavy atom. The molecule has 0 bridgehead atoms. The molecular formula is C22H27N3O2. The molecule has 5 heteroatoms. The number of pyridine rings is 1. The second kappa shape index (κ2) is 8.80. The van der Waals surface area contributed by atoms with Crippen LogP contribution < -0.4 is 10.6 Å². The van der Waals surface area contributed by atoms with Crippen molar-refractivity contribution >= 4 is 17.5 Å². The van der Waals surface area contributed by atoms with Crippen LogP contribution in [0.1, 0.15) is 42.4 Å². The number of aromatic nitrogens is 1. The van der Waals surface area contributed by atoms with Crippen LogP contribution in [0.4, 0.5) is 5.69 Å². The minimum atomic E-state index is -0.0185.